The van der Waals surface area contributed by atoms with Crippen LogP contribution in [0.2, 0.25) is 0 Å². The Hall–Kier alpha value is -0.910. The van der Waals surface area contributed by atoms with Crippen molar-refractivity contribution in [3.05, 3.63) is 0 Å². The van der Waals surface area contributed by atoms with E-state index in [0.717, 1.165) is 32.1 Å². The first-order valence-corrected chi connectivity index (χ1v) is 10.7. The monoisotopic (exact) mass is 358 g/mol. The van der Waals surface area contributed by atoms with Crippen LogP contribution in [0.15, 0.2) is 0 Å². The molecule has 2 aliphatic carbocycles. The zero-order chi connectivity index (χ0) is 18.0. The van der Waals surface area contributed by atoms with E-state index < -0.39 is 21.5 Å². The van der Waals surface area contributed by atoms with Gasteiger partial charge in [-0.1, -0.05) is 46.5 Å². The van der Waals surface area contributed by atoms with Crippen molar-refractivity contribution in [1.29, 1.82) is 0 Å². The molecule has 138 valence electrons. The molecule has 24 heavy (non-hydrogen) atoms. The van der Waals surface area contributed by atoms with Crippen molar-refractivity contribution in [2.75, 3.05) is 5.75 Å². The smallest absolute Gasteiger partial charge is 0.322 e. The standard InChI is InChI=1S/C18H30O5S/c1-4-5-6-7-8-9-16(20)23-24(21,22)13-18-11-10-14(12-15(18)19)17(18,2)3/h14H,4-13H2,1-3H3. The van der Waals surface area contributed by atoms with Crippen LogP contribution in [0.1, 0.15) is 78.6 Å². The van der Waals surface area contributed by atoms with Crippen LogP contribution in [0.5, 0.6) is 0 Å². The molecule has 2 atom stereocenters. The maximum Gasteiger partial charge on any atom is 0.322 e. The minimum atomic E-state index is -4.03. The topological polar surface area (TPSA) is 77.5 Å². The van der Waals surface area contributed by atoms with Gasteiger partial charge in [0.2, 0.25) is 0 Å². The van der Waals surface area contributed by atoms with Crippen LogP contribution in [-0.2, 0) is 23.9 Å². The fourth-order valence-electron chi connectivity index (χ4n) is 4.50. The summed E-state index contributed by atoms with van der Waals surface area (Å²) in [6.45, 7) is 6.06. The summed E-state index contributed by atoms with van der Waals surface area (Å²) >= 11 is 0. The summed E-state index contributed by atoms with van der Waals surface area (Å²) in [5.74, 6) is -0.790. The van der Waals surface area contributed by atoms with Crippen molar-refractivity contribution in [3.8, 4) is 0 Å². The summed E-state index contributed by atoms with van der Waals surface area (Å²) in [5, 5.41) is 0. The summed E-state index contributed by atoms with van der Waals surface area (Å²) < 4.78 is 29.5. The Balaban J connectivity index is 1.92. The zero-order valence-corrected chi connectivity index (χ0v) is 15.9. The molecular formula is C18H30O5S. The number of carbonyl (C=O) groups excluding carboxylic acids is 2. The van der Waals surface area contributed by atoms with Crippen molar-refractivity contribution in [3.63, 3.8) is 0 Å². The molecule has 2 saturated carbocycles. The highest BCUT2D eigenvalue weighted by molar-refractivity contribution is 7.87. The first kappa shape index (κ1) is 19.4. The normalized spacial score (nSPS) is 28.3. The summed E-state index contributed by atoms with van der Waals surface area (Å²) in [4.78, 5) is 24.2. The van der Waals surface area contributed by atoms with E-state index in [1.165, 1.54) is 0 Å². The molecule has 2 rings (SSSR count). The van der Waals surface area contributed by atoms with Gasteiger partial charge in [0, 0.05) is 12.8 Å². The number of fused-ring (bicyclic) bond motifs is 2. The fraction of sp³-hybridized carbons (Fsp3) is 0.889. The second-order valence-electron chi connectivity index (χ2n) is 7.99. The maximum absolute atomic E-state index is 12.4. The van der Waals surface area contributed by atoms with Crippen LogP contribution in [0.3, 0.4) is 0 Å². The highest BCUT2D eigenvalue weighted by Gasteiger charge is 2.65. The Morgan fingerprint density at radius 2 is 1.88 bits per heavy atom. The average Bonchev–Trinajstić information content (AvgIpc) is 2.80. The molecule has 0 spiro atoms. The second kappa shape index (κ2) is 7.14. The Bertz CT molecular complexity index is 593. The van der Waals surface area contributed by atoms with Gasteiger partial charge in [-0.25, -0.2) is 0 Å². The van der Waals surface area contributed by atoms with Gasteiger partial charge in [0.05, 0.1) is 11.2 Å². The average molecular weight is 359 g/mol. The van der Waals surface area contributed by atoms with Crippen LogP contribution in [0.25, 0.3) is 0 Å². The molecule has 6 heteroatoms. The van der Waals surface area contributed by atoms with Gasteiger partial charge < -0.3 is 4.18 Å². The van der Waals surface area contributed by atoms with Crippen LogP contribution in [0, 0.1) is 16.7 Å². The number of carbonyl (C=O) groups is 2. The quantitative estimate of drug-likeness (QED) is 0.465. The summed E-state index contributed by atoms with van der Waals surface area (Å²) in [7, 11) is -4.03. The van der Waals surface area contributed by atoms with E-state index in [9.17, 15) is 18.0 Å². The molecule has 0 aromatic carbocycles. The van der Waals surface area contributed by atoms with E-state index in [2.05, 4.69) is 6.92 Å². The number of ketones is 1. The van der Waals surface area contributed by atoms with E-state index in [1.54, 1.807) is 0 Å². The number of unbranched alkanes of at least 4 members (excludes halogenated alkanes) is 4. The predicted molar refractivity (Wildman–Crippen MR) is 91.8 cm³/mol. The Morgan fingerprint density at radius 3 is 2.42 bits per heavy atom. The van der Waals surface area contributed by atoms with Gasteiger partial charge in [0.25, 0.3) is 0 Å². The van der Waals surface area contributed by atoms with Gasteiger partial charge >= 0.3 is 16.1 Å². The highest BCUT2D eigenvalue weighted by atomic mass is 32.2. The Morgan fingerprint density at radius 1 is 1.21 bits per heavy atom. The van der Waals surface area contributed by atoms with E-state index >= 15 is 0 Å². The second-order valence-corrected chi connectivity index (χ2v) is 9.56. The lowest BCUT2D eigenvalue weighted by atomic mass is 9.70. The summed E-state index contributed by atoms with van der Waals surface area (Å²) in [6.07, 6.45) is 6.86. The largest absolute Gasteiger partial charge is 0.346 e. The van der Waals surface area contributed by atoms with E-state index in [4.69, 9.17) is 4.18 Å². The third-order valence-corrected chi connectivity index (χ3v) is 7.55. The van der Waals surface area contributed by atoms with Crippen molar-refractivity contribution < 1.29 is 22.2 Å². The van der Waals surface area contributed by atoms with Gasteiger partial charge in [-0.3, -0.25) is 9.59 Å². The lowest BCUT2D eigenvalue weighted by Gasteiger charge is -2.35. The molecular weight excluding hydrogens is 328 g/mol. The first-order valence-electron chi connectivity index (χ1n) is 9.13. The highest BCUT2D eigenvalue weighted by Crippen LogP contribution is 2.64. The molecule has 0 heterocycles. The maximum atomic E-state index is 12.4. The van der Waals surface area contributed by atoms with Crippen LogP contribution in [-0.4, -0.2) is 25.9 Å². The van der Waals surface area contributed by atoms with Gasteiger partial charge in [-0.2, -0.15) is 8.42 Å². The third-order valence-electron chi connectivity index (χ3n) is 6.27. The number of rotatable bonds is 9. The molecule has 0 aliphatic heterocycles. The van der Waals surface area contributed by atoms with Crippen LogP contribution >= 0.6 is 0 Å². The molecule has 0 N–H and O–H groups in total. The Kier molecular flexibility index (Phi) is 5.78. The molecule has 0 radical (unpaired) electrons. The SMILES string of the molecule is CCCCCCCC(=O)OS(=O)(=O)CC12CCC(CC1=O)C2(C)C. The number of hydrogen-bond donors (Lipinski definition) is 0. The third kappa shape index (κ3) is 3.68. The molecule has 2 unspecified atom stereocenters. The van der Waals surface area contributed by atoms with Crippen molar-refractivity contribution in [2.24, 2.45) is 16.7 Å². The zero-order valence-electron chi connectivity index (χ0n) is 15.1. The number of hydrogen-bond acceptors (Lipinski definition) is 5. The van der Waals surface area contributed by atoms with Crippen molar-refractivity contribution >= 4 is 21.9 Å². The molecule has 0 amide bonds. The minimum Gasteiger partial charge on any atom is -0.346 e. The molecule has 2 bridgehead atoms. The van der Waals surface area contributed by atoms with Gasteiger partial charge in [-0.05, 0) is 30.6 Å². The van der Waals surface area contributed by atoms with E-state index in [1.807, 2.05) is 13.8 Å². The molecule has 0 aromatic heterocycles. The molecule has 0 aromatic rings. The van der Waals surface area contributed by atoms with E-state index in [0.29, 0.717) is 19.3 Å². The summed E-state index contributed by atoms with van der Waals surface area (Å²) in [5.41, 5.74) is -1.22. The predicted octanol–water partition coefficient (Wildman–Crippen LogP) is 3.62. The molecule has 2 aliphatic rings. The van der Waals surface area contributed by atoms with Crippen LogP contribution in [0.4, 0.5) is 0 Å². The van der Waals surface area contributed by atoms with Crippen LogP contribution < -0.4 is 0 Å². The van der Waals surface area contributed by atoms with Gasteiger partial charge in [0.15, 0.2) is 0 Å². The van der Waals surface area contributed by atoms with E-state index in [-0.39, 0.29) is 29.3 Å². The lowest BCUT2D eigenvalue weighted by Crippen LogP contribution is -2.42. The van der Waals surface area contributed by atoms with Crippen molar-refractivity contribution in [2.45, 2.75) is 78.6 Å². The number of Topliss-reactive ketones (excluding diaryl/α,β-unsaturated/α-hetero) is 1. The first-order chi connectivity index (χ1) is 11.1. The minimum absolute atomic E-state index is 0.0166. The van der Waals surface area contributed by atoms with Gasteiger partial charge in [-0.15, -0.1) is 0 Å². The van der Waals surface area contributed by atoms with Gasteiger partial charge in [0.1, 0.15) is 5.78 Å². The molecule has 2 fully saturated rings. The summed E-state index contributed by atoms with van der Waals surface area (Å²) in [6, 6.07) is 0. The van der Waals surface area contributed by atoms with Crippen molar-refractivity contribution in [1.82, 2.24) is 0 Å². The molecule has 5 nitrogen and oxygen atoms in total. The fourth-order valence-corrected chi connectivity index (χ4v) is 6.20. The molecule has 0 saturated heterocycles. The lowest BCUT2D eigenvalue weighted by molar-refractivity contribution is -0.134. The Labute approximate surface area is 145 Å².